The molecule has 1 N–H and O–H groups in total. The molecule has 6 nitrogen and oxygen atoms in total. The molecule has 0 unspecified atom stereocenters. The van der Waals surface area contributed by atoms with Crippen molar-refractivity contribution in [3.8, 4) is 11.5 Å². The number of benzene rings is 3. The molecule has 3 aromatic rings. The lowest BCUT2D eigenvalue weighted by molar-refractivity contribution is -0.384. The van der Waals surface area contributed by atoms with Crippen molar-refractivity contribution < 1.29 is 14.5 Å². The molecule has 0 bridgehead atoms. The summed E-state index contributed by atoms with van der Waals surface area (Å²) in [6, 6.07) is 19.4. The van der Waals surface area contributed by atoms with E-state index in [0.29, 0.717) is 16.5 Å². The Hall–Kier alpha value is -3.38. The van der Waals surface area contributed by atoms with Crippen LogP contribution in [0.5, 0.6) is 11.5 Å². The van der Waals surface area contributed by atoms with Crippen molar-refractivity contribution in [2.24, 2.45) is 0 Å². The number of carbonyl (C=O) groups excluding carboxylic acids is 1. The van der Waals surface area contributed by atoms with Gasteiger partial charge in [0.15, 0.2) is 0 Å². The van der Waals surface area contributed by atoms with Crippen molar-refractivity contribution in [3.05, 3.63) is 93.5 Å². The minimum atomic E-state index is -0.571. The molecule has 0 aromatic heterocycles. The van der Waals surface area contributed by atoms with Crippen LogP contribution in [-0.2, 0) is 0 Å². The predicted octanol–water partition coefficient (Wildman–Crippen LogP) is 5.29. The van der Waals surface area contributed by atoms with E-state index in [1.54, 1.807) is 48.5 Å². The zero-order chi connectivity index (χ0) is 18.5. The number of hydrogen-bond acceptors (Lipinski definition) is 4. The lowest BCUT2D eigenvalue weighted by atomic mass is 10.1. The molecule has 0 spiro atoms. The molecule has 26 heavy (non-hydrogen) atoms. The lowest BCUT2D eigenvalue weighted by Gasteiger charge is -2.12. The molecule has 3 aromatic carbocycles. The van der Waals surface area contributed by atoms with Crippen LogP contribution in [0, 0.1) is 10.1 Å². The van der Waals surface area contributed by atoms with E-state index in [9.17, 15) is 14.9 Å². The number of anilines is 1. The Morgan fingerprint density at radius 3 is 2.38 bits per heavy atom. The summed E-state index contributed by atoms with van der Waals surface area (Å²) >= 11 is 6.05. The van der Waals surface area contributed by atoms with Gasteiger partial charge in [-0.1, -0.05) is 41.9 Å². The fourth-order valence-corrected chi connectivity index (χ4v) is 2.45. The maximum atomic E-state index is 12.7. The molecule has 7 heteroatoms. The van der Waals surface area contributed by atoms with Crippen LogP contribution in [0.2, 0.25) is 5.02 Å². The second-order valence-corrected chi connectivity index (χ2v) is 5.69. The number of nitrogens with one attached hydrogen (secondary N) is 1. The minimum absolute atomic E-state index is 0.0305. The van der Waals surface area contributed by atoms with Gasteiger partial charge in [0.05, 0.1) is 21.2 Å². The molecule has 0 fully saturated rings. The van der Waals surface area contributed by atoms with Crippen molar-refractivity contribution in [1.82, 2.24) is 0 Å². The van der Waals surface area contributed by atoms with Gasteiger partial charge in [-0.25, -0.2) is 0 Å². The van der Waals surface area contributed by atoms with Gasteiger partial charge in [-0.05, 0) is 30.3 Å². The molecule has 0 atom stereocenters. The van der Waals surface area contributed by atoms with Crippen LogP contribution in [0.4, 0.5) is 11.4 Å². The average Bonchev–Trinajstić information content (AvgIpc) is 2.64. The second-order valence-electron chi connectivity index (χ2n) is 5.29. The molecule has 0 aliphatic heterocycles. The van der Waals surface area contributed by atoms with Gasteiger partial charge >= 0.3 is 0 Å². The number of amides is 1. The lowest BCUT2D eigenvalue weighted by Crippen LogP contribution is -2.13. The highest BCUT2D eigenvalue weighted by molar-refractivity contribution is 6.33. The zero-order valence-corrected chi connectivity index (χ0v) is 14.1. The maximum Gasteiger partial charge on any atom is 0.270 e. The number of para-hydroxylation sites is 2. The fraction of sp³-hybridized carbons (Fsp3) is 0. The van der Waals surface area contributed by atoms with Crippen molar-refractivity contribution in [2.75, 3.05) is 5.32 Å². The van der Waals surface area contributed by atoms with E-state index in [0.717, 1.165) is 0 Å². The van der Waals surface area contributed by atoms with E-state index in [4.69, 9.17) is 16.3 Å². The zero-order valence-electron chi connectivity index (χ0n) is 13.4. The Balaban J connectivity index is 1.96. The number of nitro groups is 1. The summed E-state index contributed by atoms with van der Waals surface area (Å²) in [5.41, 5.74) is 0.217. The number of rotatable bonds is 5. The van der Waals surface area contributed by atoms with E-state index in [-0.39, 0.29) is 17.0 Å². The molecule has 0 radical (unpaired) electrons. The molecule has 3 rings (SSSR count). The number of nitro benzene ring substituents is 1. The van der Waals surface area contributed by atoms with Gasteiger partial charge in [-0.2, -0.15) is 0 Å². The Bertz CT molecular complexity index is 961. The molecular formula is C19H13ClN2O4. The first kappa shape index (κ1) is 17.4. The van der Waals surface area contributed by atoms with Crippen molar-refractivity contribution in [2.45, 2.75) is 0 Å². The largest absolute Gasteiger partial charge is 0.457 e. The summed E-state index contributed by atoms with van der Waals surface area (Å²) in [5.74, 6) is 0.146. The van der Waals surface area contributed by atoms with Gasteiger partial charge in [-0.3, -0.25) is 14.9 Å². The number of ether oxygens (including phenoxy) is 1. The Labute approximate surface area is 154 Å². The first-order chi connectivity index (χ1) is 12.5. The SMILES string of the molecule is O=C(Nc1ccccc1Cl)c1cc([N+](=O)[O-])ccc1Oc1ccccc1. The van der Waals surface area contributed by atoms with Gasteiger partial charge in [0.1, 0.15) is 11.5 Å². The standard InChI is InChI=1S/C19H13ClN2O4/c20-16-8-4-5-9-17(16)21-19(23)15-12-13(22(24)25)10-11-18(15)26-14-6-2-1-3-7-14/h1-12H,(H,21,23). The van der Waals surface area contributed by atoms with Crippen molar-refractivity contribution in [1.29, 1.82) is 0 Å². The molecule has 0 aliphatic carbocycles. The van der Waals surface area contributed by atoms with E-state index in [2.05, 4.69) is 5.32 Å². The first-order valence-corrected chi connectivity index (χ1v) is 7.99. The molecule has 0 saturated carbocycles. The summed E-state index contributed by atoms with van der Waals surface area (Å²) < 4.78 is 5.72. The van der Waals surface area contributed by atoms with Crippen LogP contribution in [0.3, 0.4) is 0 Å². The van der Waals surface area contributed by atoms with E-state index in [1.165, 1.54) is 18.2 Å². The Kier molecular flexibility index (Phi) is 5.15. The second kappa shape index (κ2) is 7.67. The summed E-state index contributed by atoms with van der Waals surface area (Å²) in [7, 11) is 0. The smallest absolute Gasteiger partial charge is 0.270 e. The van der Waals surface area contributed by atoms with Crippen LogP contribution >= 0.6 is 11.6 Å². The number of nitrogens with zero attached hydrogens (tertiary/aromatic N) is 1. The summed E-state index contributed by atoms with van der Waals surface area (Å²) in [4.78, 5) is 23.2. The third-order valence-electron chi connectivity index (χ3n) is 3.51. The van der Waals surface area contributed by atoms with Crippen LogP contribution in [0.15, 0.2) is 72.8 Å². The quantitative estimate of drug-likeness (QED) is 0.489. The van der Waals surface area contributed by atoms with Crippen LogP contribution in [0.25, 0.3) is 0 Å². The third kappa shape index (κ3) is 3.99. The summed E-state index contributed by atoms with van der Waals surface area (Å²) in [6.07, 6.45) is 0. The third-order valence-corrected chi connectivity index (χ3v) is 3.84. The van der Waals surface area contributed by atoms with Gasteiger partial charge < -0.3 is 10.1 Å². The molecule has 0 heterocycles. The molecule has 0 aliphatic rings. The summed E-state index contributed by atoms with van der Waals surface area (Å²) in [5, 5.41) is 14.1. The monoisotopic (exact) mass is 368 g/mol. The highest BCUT2D eigenvalue weighted by Gasteiger charge is 2.19. The summed E-state index contributed by atoms with van der Waals surface area (Å²) in [6.45, 7) is 0. The van der Waals surface area contributed by atoms with Crippen LogP contribution < -0.4 is 10.1 Å². The van der Waals surface area contributed by atoms with E-state index < -0.39 is 10.8 Å². The molecule has 1 amide bonds. The number of halogens is 1. The van der Waals surface area contributed by atoms with Gasteiger partial charge in [-0.15, -0.1) is 0 Å². The fourth-order valence-electron chi connectivity index (χ4n) is 2.27. The van der Waals surface area contributed by atoms with E-state index >= 15 is 0 Å². The number of non-ortho nitro benzene ring substituents is 1. The topological polar surface area (TPSA) is 81.5 Å². The van der Waals surface area contributed by atoms with Crippen LogP contribution in [-0.4, -0.2) is 10.8 Å². The maximum absolute atomic E-state index is 12.7. The van der Waals surface area contributed by atoms with Crippen LogP contribution in [0.1, 0.15) is 10.4 Å². The van der Waals surface area contributed by atoms with Crippen molar-refractivity contribution >= 4 is 28.9 Å². The number of hydrogen-bond donors (Lipinski definition) is 1. The highest BCUT2D eigenvalue weighted by Crippen LogP contribution is 2.30. The first-order valence-electron chi connectivity index (χ1n) is 7.62. The van der Waals surface area contributed by atoms with Gasteiger partial charge in [0.25, 0.3) is 11.6 Å². The normalized spacial score (nSPS) is 10.2. The van der Waals surface area contributed by atoms with E-state index in [1.807, 2.05) is 6.07 Å². The van der Waals surface area contributed by atoms with Gasteiger partial charge in [0, 0.05) is 12.1 Å². The van der Waals surface area contributed by atoms with Gasteiger partial charge in [0.2, 0.25) is 0 Å². The Morgan fingerprint density at radius 1 is 1.00 bits per heavy atom. The Morgan fingerprint density at radius 2 is 1.69 bits per heavy atom. The average molecular weight is 369 g/mol. The molecule has 0 saturated heterocycles. The number of carbonyl (C=O) groups is 1. The minimum Gasteiger partial charge on any atom is -0.457 e. The van der Waals surface area contributed by atoms with Crippen molar-refractivity contribution in [3.63, 3.8) is 0 Å². The molecule has 130 valence electrons. The predicted molar refractivity (Wildman–Crippen MR) is 99.0 cm³/mol. The molecular weight excluding hydrogens is 356 g/mol. The highest BCUT2D eigenvalue weighted by atomic mass is 35.5.